The molecule has 1 fully saturated rings. The highest BCUT2D eigenvalue weighted by molar-refractivity contribution is 7.80. The predicted molar refractivity (Wildman–Crippen MR) is 108 cm³/mol. The molecule has 0 atom stereocenters. The number of thiocarbonyl (C=S) groups is 1. The molecule has 1 aliphatic heterocycles. The number of carbonyl (C=O) groups is 1. The van der Waals surface area contributed by atoms with Gasteiger partial charge in [0, 0.05) is 0 Å². The summed E-state index contributed by atoms with van der Waals surface area (Å²) >= 11 is 5.36. The Balaban J connectivity index is 1.88. The monoisotopic (exact) mass is 350 g/mol. The number of hydrogen-bond acceptors (Lipinski definition) is 2. The van der Waals surface area contributed by atoms with Gasteiger partial charge < -0.3 is 5.32 Å². The summed E-state index contributed by atoms with van der Waals surface area (Å²) in [6.45, 7) is 8.54. The third-order valence-corrected chi connectivity index (χ3v) is 4.51. The topological polar surface area (TPSA) is 32.3 Å². The van der Waals surface area contributed by atoms with Crippen LogP contribution in [0.25, 0.3) is 6.08 Å². The van der Waals surface area contributed by atoms with Crippen molar-refractivity contribution < 1.29 is 4.79 Å². The normalized spacial score (nSPS) is 16.5. The largest absolute Gasteiger partial charge is 0.327 e. The van der Waals surface area contributed by atoms with Gasteiger partial charge in [-0.1, -0.05) is 57.2 Å². The van der Waals surface area contributed by atoms with E-state index in [1.165, 1.54) is 10.5 Å². The van der Waals surface area contributed by atoms with Crippen molar-refractivity contribution in [3.8, 4) is 0 Å². The van der Waals surface area contributed by atoms with Crippen molar-refractivity contribution >= 4 is 35.0 Å². The lowest BCUT2D eigenvalue weighted by atomic mass is 9.87. The fourth-order valence-electron chi connectivity index (χ4n) is 2.78. The second-order valence-electron chi connectivity index (χ2n) is 7.34. The summed E-state index contributed by atoms with van der Waals surface area (Å²) in [5.74, 6) is -0.129. The quantitative estimate of drug-likeness (QED) is 0.637. The number of hydrogen-bond donors (Lipinski definition) is 1. The summed E-state index contributed by atoms with van der Waals surface area (Å²) in [4.78, 5) is 14.3. The third-order valence-electron chi connectivity index (χ3n) is 4.23. The number of benzene rings is 2. The fourth-order valence-corrected chi connectivity index (χ4v) is 3.08. The Labute approximate surface area is 154 Å². The van der Waals surface area contributed by atoms with Gasteiger partial charge in [0.25, 0.3) is 5.91 Å². The van der Waals surface area contributed by atoms with E-state index in [4.69, 9.17) is 12.2 Å². The van der Waals surface area contributed by atoms with Gasteiger partial charge in [-0.25, -0.2) is 0 Å². The summed E-state index contributed by atoms with van der Waals surface area (Å²) in [7, 11) is 0. The van der Waals surface area contributed by atoms with Crippen molar-refractivity contribution in [2.24, 2.45) is 0 Å². The fraction of sp³-hybridized carbons (Fsp3) is 0.238. The molecule has 0 aromatic heterocycles. The maximum Gasteiger partial charge on any atom is 0.281 e. The van der Waals surface area contributed by atoms with E-state index >= 15 is 0 Å². The molecule has 0 spiro atoms. The Bertz CT molecular complexity index is 860. The van der Waals surface area contributed by atoms with E-state index in [2.05, 4.69) is 38.2 Å². The van der Waals surface area contributed by atoms with Crippen LogP contribution in [0.2, 0.25) is 0 Å². The summed E-state index contributed by atoms with van der Waals surface area (Å²) < 4.78 is 0. The number of nitrogens with zero attached hydrogens (tertiary/aromatic N) is 1. The average Bonchev–Trinajstić information content (AvgIpc) is 2.81. The van der Waals surface area contributed by atoms with Gasteiger partial charge >= 0.3 is 0 Å². The van der Waals surface area contributed by atoms with E-state index in [-0.39, 0.29) is 11.3 Å². The van der Waals surface area contributed by atoms with Crippen LogP contribution in [-0.2, 0) is 10.2 Å². The van der Waals surface area contributed by atoms with Crippen LogP contribution in [0.5, 0.6) is 0 Å². The SMILES string of the molecule is Cc1cccc(N2C(=O)/C(=C\c3ccc(C(C)(C)C)cc3)NC2=S)c1. The van der Waals surface area contributed by atoms with Crippen molar-refractivity contribution in [2.45, 2.75) is 33.1 Å². The van der Waals surface area contributed by atoms with E-state index in [0.717, 1.165) is 16.8 Å². The van der Waals surface area contributed by atoms with E-state index in [9.17, 15) is 4.79 Å². The number of nitrogens with one attached hydrogen (secondary N) is 1. The molecular weight excluding hydrogens is 328 g/mol. The van der Waals surface area contributed by atoms with Crippen molar-refractivity contribution in [2.75, 3.05) is 4.90 Å². The van der Waals surface area contributed by atoms with Gasteiger partial charge in [-0.2, -0.15) is 0 Å². The lowest BCUT2D eigenvalue weighted by Gasteiger charge is -2.18. The zero-order chi connectivity index (χ0) is 18.2. The standard InChI is InChI=1S/C21H22N2OS/c1-14-6-5-7-17(12-14)23-19(24)18(22-20(23)25)13-15-8-10-16(11-9-15)21(2,3)4/h5-13H,1-4H3,(H,22,25)/b18-13+. The molecule has 0 radical (unpaired) electrons. The Kier molecular flexibility index (Phi) is 4.48. The van der Waals surface area contributed by atoms with Crippen LogP contribution in [0.4, 0.5) is 5.69 Å². The van der Waals surface area contributed by atoms with Crippen LogP contribution in [0.15, 0.2) is 54.2 Å². The van der Waals surface area contributed by atoms with Gasteiger partial charge in [0.05, 0.1) is 5.69 Å². The Morgan fingerprint density at radius 2 is 1.76 bits per heavy atom. The smallest absolute Gasteiger partial charge is 0.281 e. The molecule has 1 saturated heterocycles. The molecule has 1 amide bonds. The Hall–Kier alpha value is -2.46. The average molecular weight is 350 g/mol. The van der Waals surface area contributed by atoms with E-state index in [0.29, 0.717) is 10.8 Å². The third kappa shape index (κ3) is 3.64. The van der Waals surface area contributed by atoms with Crippen molar-refractivity contribution in [3.63, 3.8) is 0 Å². The van der Waals surface area contributed by atoms with Gasteiger partial charge in [-0.15, -0.1) is 0 Å². The second kappa shape index (κ2) is 6.45. The van der Waals surface area contributed by atoms with Gasteiger partial charge in [0.2, 0.25) is 0 Å². The lowest BCUT2D eigenvalue weighted by molar-refractivity contribution is -0.113. The zero-order valence-corrected chi connectivity index (χ0v) is 15.8. The zero-order valence-electron chi connectivity index (χ0n) is 15.0. The van der Waals surface area contributed by atoms with Crippen LogP contribution < -0.4 is 10.2 Å². The first-order valence-electron chi connectivity index (χ1n) is 8.30. The molecule has 0 saturated carbocycles. The van der Waals surface area contributed by atoms with Crippen LogP contribution in [0.3, 0.4) is 0 Å². The molecule has 0 bridgehead atoms. The molecule has 1 aliphatic rings. The second-order valence-corrected chi connectivity index (χ2v) is 7.73. The molecule has 25 heavy (non-hydrogen) atoms. The number of carbonyl (C=O) groups excluding carboxylic acids is 1. The molecule has 3 nitrogen and oxygen atoms in total. The van der Waals surface area contributed by atoms with E-state index in [1.807, 2.05) is 49.4 Å². The summed E-state index contributed by atoms with van der Waals surface area (Å²) in [6, 6.07) is 16.0. The molecule has 0 aliphatic carbocycles. The van der Waals surface area contributed by atoms with Gasteiger partial charge in [0.1, 0.15) is 5.70 Å². The molecule has 0 unspecified atom stereocenters. The first kappa shape index (κ1) is 17.4. The highest BCUT2D eigenvalue weighted by Crippen LogP contribution is 2.25. The molecule has 2 aromatic rings. The highest BCUT2D eigenvalue weighted by Gasteiger charge is 2.31. The van der Waals surface area contributed by atoms with E-state index < -0.39 is 0 Å². The first-order chi connectivity index (χ1) is 11.8. The molecule has 1 N–H and O–H groups in total. The maximum atomic E-state index is 12.8. The summed E-state index contributed by atoms with van der Waals surface area (Å²) in [5.41, 5.74) is 4.71. The van der Waals surface area contributed by atoms with Crippen molar-refractivity contribution in [1.82, 2.24) is 5.32 Å². The Morgan fingerprint density at radius 1 is 1.08 bits per heavy atom. The van der Waals surface area contributed by atoms with Crippen molar-refractivity contribution in [1.29, 1.82) is 0 Å². The Morgan fingerprint density at radius 3 is 2.36 bits per heavy atom. The number of rotatable bonds is 2. The van der Waals surface area contributed by atoms with Crippen molar-refractivity contribution in [3.05, 3.63) is 70.9 Å². The van der Waals surface area contributed by atoms with Gasteiger partial charge in [-0.05, 0) is 59.5 Å². The molecule has 4 heteroatoms. The van der Waals surface area contributed by atoms with Crippen LogP contribution in [-0.4, -0.2) is 11.0 Å². The van der Waals surface area contributed by atoms with Crippen LogP contribution in [0.1, 0.15) is 37.5 Å². The minimum Gasteiger partial charge on any atom is -0.327 e. The summed E-state index contributed by atoms with van der Waals surface area (Å²) in [5, 5.41) is 3.44. The highest BCUT2D eigenvalue weighted by atomic mass is 32.1. The number of anilines is 1. The minimum atomic E-state index is -0.129. The number of amides is 1. The summed E-state index contributed by atoms with van der Waals surface area (Å²) in [6.07, 6.45) is 1.84. The minimum absolute atomic E-state index is 0.108. The molecule has 2 aromatic carbocycles. The van der Waals surface area contributed by atoms with Crippen LogP contribution in [0, 0.1) is 6.92 Å². The molecule has 128 valence electrons. The maximum absolute atomic E-state index is 12.8. The first-order valence-corrected chi connectivity index (χ1v) is 8.71. The molecular formula is C21H22N2OS. The molecule has 1 heterocycles. The molecule has 3 rings (SSSR count). The number of aryl methyl sites for hydroxylation is 1. The van der Waals surface area contributed by atoms with Gasteiger partial charge in [0.15, 0.2) is 5.11 Å². The predicted octanol–water partition coefficient (Wildman–Crippen LogP) is 4.55. The lowest BCUT2D eigenvalue weighted by Crippen LogP contribution is -2.30. The van der Waals surface area contributed by atoms with Crippen LogP contribution >= 0.6 is 12.2 Å². The van der Waals surface area contributed by atoms with E-state index in [1.54, 1.807) is 0 Å². The van der Waals surface area contributed by atoms with Gasteiger partial charge in [-0.3, -0.25) is 9.69 Å².